The van der Waals surface area contributed by atoms with Crippen molar-refractivity contribution in [2.75, 3.05) is 37.7 Å². The minimum Gasteiger partial charge on any atom is -0.378 e. The maximum atomic E-state index is 13.0. The van der Waals surface area contributed by atoms with Gasteiger partial charge in [0.15, 0.2) is 5.16 Å². The molecule has 1 N–H and O–H groups in total. The number of carbonyl (C=O) groups is 1. The third kappa shape index (κ3) is 7.60. The van der Waals surface area contributed by atoms with Crippen LogP contribution in [0.5, 0.6) is 0 Å². The quantitative estimate of drug-likeness (QED) is 0.142. The van der Waals surface area contributed by atoms with Gasteiger partial charge in [-0.25, -0.2) is 9.97 Å². The molecule has 0 bridgehead atoms. The van der Waals surface area contributed by atoms with Crippen LogP contribution in [0.3, 0.4) is 0 Å². The number of carbonyl (C=O) groups excluding carboxylic acids is 1. The molecule has 200 valence electrons. The number of aromatic nitrogens is 2. The van der Waals surface area contributed by atoms with E-state index >= 15 is 0 Å². The number of hydrogen-bond acceptors (Lipinski definition) is 6. The number of thioether (sulfide) groups is 1. The molecular weight excluding hydrogens is 528 g/mol. The topological polar surface area (TPSA) is 67.4 Å². The molecule has 0 saturated carbocycles. The Morgan fingerprint density at radius 3 is 2.31 bits per heavy atom. The summed E-state index contributed by atoms with van der Waals surface area (Å²) >= 11 is 7.80. The summed E-state index contributed by atoms with van der Waals surface area (Å²) in [5.74, 6) is 1.60. The van der Waals surface area contributed by atoms with Crippen LogP contribution in [0.25, 0.3) is 0 Å². The van der Waals surface area contributed by atoms with Crippen molar-refractivity contribution in [1.29, 1.82) is 0 Å². The number of benzene rings is 3. The molecule has 1 saturated heterocycles. The Hall–Kier alpha value is -3.39. The third-order valence-electron chi connectivity index (χ3n) is 6.68. The summed E-state index contributed by atoms with van der Waals surface area (Å²) in [5, 5.41) is 4.16. The summed E-state index contributed by atoms with van der Waals surface area (Å²) in [5.41, 5.74) is 4.16. The first-order chi connectivity index (χ1) is 19.2. The number of halogens is 1. The molecule has 0 unspecified atom stereocenters. The van der Waals surface area contributed by atoms with Gasteiger partial charge in [0.05, 0.1) is 13.2 Å². The number of nitrogens with one attached hydrogen (secondary N) is 1. The highest BCUT2D eigenvalue weighted by molar-refractivity contribution is 7.98. The highest BCUT2D eigenvalue weighted by Crippen LogP contribution is 2.28. The highest BCUT2D eigenvalue weighted by atomic mass is 35.5. The third-order valence-corrected chi connectivity index (χ3v) is 7.79. The molecule has 0 spiro atoms. The maximum absolute atomic E-state index is 13.0. The van der Waals surface area contributed by atoms with Gasteiger partial charge in [0.1, 0.15) is 11.0 Å². The molecular formula is C31H31ClN4O2S. The Kier molecular flexibility index (Phi) is 9.48. The predicted molar refractivity (Wildman–Crippen MR) is 158 cm³/mol. The molecule has 39 heavy (non-hydrogen) atoms. The van der Waals surface area contributed by atoms with Gasteiger partial charge in [-0.1, -0.05) is 96.2 Å². The van der Waals surface area contributed by atoms with E-state index in [1.165, 1.54) is 22.9 Å². The van der Waals surface area contributed by atoms with E-state index in [9.17, 15) is 4.79 Å². The van der Waals surface area contributed by atoms with Crippen molar-refractivity contribution < 1.29 is 9.53 Å². The highest BCUT2D eigenvalue weighted by Gasteiger charge is 2.16. The fraction of sp³-hybridized carbons (Fsp3) is 0.258. The molecule has 8 heteroatoms. The number of amides is 1. The maximum Gasteiger partial charge on any atom is 0.251 e. The SMILES string of the molecule is O=C(NCCC(c1ccccc1)c1ccccc1)c1cccc(CSc2nc(Cl)cc(N3CCOCC3)n2)c1. The van der Waals surface area contributed by atoms with Crippen LogP contribution in [0, 0.1) is 0 Å². The van der Waals surface area contributed by atoms with Crippen LogP contribution in [0.2, 0.25) is 5.15 Å². The fourth-order valence-corrected chi connectivity index (χ4v) is 5.71. The molecule has 1 fully saturated rings. The van der Waals surface area contributed by atoms with E-state index in [1.54, 1.807) is 6.07 Å². The first-order valence-corrected chi connectivity index (χ1v) is 14.5. The van der Waals surface area contributed by atoms with E-state index in [2.05, 4.69) is 63.7 Å². The van der Waals surface area contributed by atoms with Crippen molar-refractivity contribution in [3.63, 3.8) is 0 Å². The second-order valence-corrected chi connectivity index (χ2v) is 10.7. The van der Waals surface area contributed by atoms with E-state index < -0.39 is 0 Å². The molecule has 1 aliphatic heterocycles. The Morgan fingerprint density at radius 2 is 1.62 bits per heavy atom. The zero-order chi connectivity index (χ0) is 26.9. The van der Waals surface area contributed by atoms with Gasteiger partial charge in [-0.05, 0) is 35.2 Å². The largest absolute Gasteiger partial charge is 0.378 e. The van der Waals surface area contributed by atoms with Crippen LogP contribution in [0.4, 0.5) is 5.82 Å². The van der Waals surface area contributed by atoms with Gasteiger partial charge in [0, 0.05) is 42.9 Å². The van der Waals surface area contributed by atoms with Gasteiger partial charge in [-0.15, -0.1) is 0 Å². The number of hydrogen-bond donors (Lipinski definition) is 1. The van der Waals surface area contributed by atoms with Crippen molar-refractivity contribution in [3.8, 4) is 0 Å². The van der Waals surface area contributed by atoms with E-state index in [4.69, 9.17) is 21.3 Å². The zero-order valence-corrected chi connectivity index (χ0v) is 23.2. The fourth-order valence-electron chi connectivity index (χ4n) is 4.68. The average molecular weight is 559 g/mol. The van der Waals surface area contributed by atoms with Gasteiger partial charge in [0.2, 0.25) is 0 Å². The molecule has 1 aliphatic rings. The summed E-state index contributed by atoms with van der Waals surface area (Å²) in [6.07, 6.45) is 0.812. The minimum atomic E-state index is -0.0738. The first-order valence-electron chi connectivity index (χ1n) is 13.1. The molecule has 0 atom stereocenters. The van der Waals surface area contributed by atoms with Crippen LogP contribution in [-0.4, -0.2) is 48.7 Å². The van der Waals surface area contributed by atoms with E-state index in [0.29, 0.717) is 41.4 Å². The van der Waals surface area contributed by atoms with Crippen LogP contribution < -0.4 is 10.2 Å². The number of nitrogens with zero attached hydrogens (tertiary/aromatic N) is 3. The van der Waals surface area contributed by atoms with Gasteiger partial charge < -0.3 is 15.0 Å². The molecule has 3 aromatic carbocycles. The van der Waals surface area contributed by atoms with Gasteiger partial charge in [-0.3, -0.25) is 4.79 Å². The normalized spacial score (nSPS) is 13.4. The molecule has 4 aromatic rings. The summed E-state index contributed by atoms with van der Waals surface area (Å²) in [4.78, 5) is 24.3. The molecule has 5 rings (SSSR count). The van der Waals surface area contributed by atoms with E-state index in [1.807, 2.05) is 36.4 Å². The Balaban J connectivity index is 1.19. The number of ether oxygens (including phenoxy) is 1. The summed E-state index contributed by atoms with van der Waals surface area (Å²) in [6, 6.07) is 30.4. The van der Waals surface area contributed by atoms with Gasteiger partial charge in [0.25, 0.3) is 5.91 Å². The summed E-state index contributed by atoms with van der Waals surface area (Å²) < 4.78 is 5.44. The molecule has 0 radical (unpaired) electrons. The van der Waals surface area contributed by atoms with Crippen LogP contribution in [0.1, 0.15) is 39.4 Å². The average Bonchev–Trinajstić information content (AvgIpc) is 2.99. The number of morpholine rings is 1. The first kappa shape index (κ1) is 27.2. The standard InChI is InChI=1S/C31H31ClN4O2S/c32-28-21-29(36-16-18-38-19-17-36)35-31(34-28)39-22-23-8-7-13-26(20-23)30(37)33-15-14-27(24-9-3-1-4-10-24)25-11-5-2-6-12-25/h1-13,20-21,27H,14-19,22H2,(H,33,37). The van der Waals surface area contributed by atoms with Crippen molar-refractivity contribution in [2.45, 2.75) is 23.2 Å². The lowest BCUT2D eigenvalue weighted by atomic mass is 9.88. The Bertz CT molecular complexity index is 1330. The van der Waals surface area contributed by atoms with E-state index in [0.717, 1.165) is 30.9 Å². The van der Waals surface area contributed by atoms with Crippen LogP contribution in [-0.2, 0) is 10.5 Å². The van der Waals surface area contributed by atoms with Crippen molar-refractivity contribution >= 4 is 35.1 Å². The van der Waals surface area contributed by atoms with Crippen molar-refractivity contribution in [2.24, 2.45) is 0 Å². The summed E-state index contributed by atoms with van der Waals surface area (Å²) in [6.45, 7) is 3.50. The van der Waals surface area contributed by atoms with Crippen LogP contribution in [0.15, 0.2) is 96.2 Å². The molecule has 1 amide bonds. The molecule has 0 aliphatic carbocycles. The minimum absolute atomic E-state index is 0.0738. The summed E-state index contributed by atoms with van der Waals surface area (Å²) in [7, 11) is 0. The van der Waals surface area contributed by atoms with Crippen LogP contribution >= 0.6 is 23.4 Å². The lowest BCUT2D eigenvalue weighted by Gasteiger charge is -2.27. The Morgan fingerprint density at radius 1 is 0.923 bits per heavy atom. The lowest BCUT2D eigenvalue weighted by Crippen LogP contribution is -2.36. The molecule has 1 aromatic heterocycles. The predicted octanol–water partition coefficient (Wildman–Crippen LogP) is 6.21. The monoisotopic (exact) mass is 558 g/mol. The van der Waals surface area contributed by atoms with Crippen molar-refractivity contribution in [3.05, 3.63) is 118 Å². The number of rotatable bonds is 10. The smallest absolute Gasteiger partial charge is 0.251 e. The molecule has 6 nitrogen and oxygen atoms in total. The van der Waals surface area contributed by atoms with E-state index in [-0.39, 0.29) is 11.8 Å². The second-order valence-electron chi connectivity index (χ2n) is 9.34. The lowest BCUT2D eigenvalue weighted by molar-refractivity contribution is 0.0952. The van der Waals surface area contributed by atoms with Gasteiger partial charge >= 0.3 is 0 Å². The second kappa shape index (κ2) is 13.6. The number of anilines is 1. The van der Waals surface area contributed by atoms with Crippen molar-refractivity contribution in [1.82, 2.24) is 15.3 Å². The zero-order valence-electron chi connectivity index (χ0n) is 21.6. The molecule has 2 heterocycles. The Labute approximate surface area is 238 Å². The van der Waals surface area contributed by atoms with Gasteiger partial charge in [-0.2, -0.15) is 0 Å².